The number of halogens is 2. The molecule has 1 saturated heterocycles. The van der Waals surface area contributed by atoms with Crippen molar-refractivity contribution in [3.63, 3.8) is 0 Å². The summed E-state index contributed by atoms with van der Waals surface area (Å²) in [4.78, 5) is 37.7. The van der Waals surface area contributed by atoms with Crippen molar-refractivity contribution in [2.75, 3.05) is 26.2 Å². The van der Waals surface area contributed by atoms with Crippen LogP contribution < -0.4 is 0 Å². The van der Waals surface area contributed by atoms with Crippen molar-refractivity contribution in [1.82, 2.24) is 19.8 Å². The first-order chi connectivity index (χ1) is 20.3. The topological polar surface area (TPSA) is 86.6 Å². The minimum atomic E-state index is -2.42. The molecule has 2 heterocycles. The Bertz CT molecular complexity index is 1290. The predicted octanol–water partition coefficient (Wildman–Crippen LogP) is 6.48. The Hall–Kier alpha value is -4.14. The third-order valence-corrected chi connectivity index (χ3v) is 6.92. The van der Waals surface area contributed by atoms with Crippen LogP contribution >= 0.6 is 0 Å². The Morgan fingerprint density at radius 2 is 1.79 bits per heavy atom. The highest BCUT2D eigenvalue weighted by Gasteiger charge is 2.21. The number of nitrogens with zero attached hydrogens (tertiary/aromatic N) is 4. The van der Waals surface area contributed by atoms with Gasteiger partial charge in [-0.25, -0.2) is 18.7 Å². The van der Waals surface area contributed by atoms with E-state index in [0.717, 1.165) is 29.8 Å². The number of carbonyl (C=O) groups is 2. The molecule has 1 N–H and O–H groups in total. The van der Waals surface area contributed by atoms with Gasteiger partial charge < -0.3 is 14.9 Å². The fraction of sp³-hybridized carbons (Fsp3) is 0.394. The normalized spacial score (nSPS) is 16.3. The molecule has 1 aliphatic heterocycles. The number of rotatable bonds is 14. The van der Waals surface area contributed by atoms with E-state index in [1.807, 2.05) is 30.1 Å². The Labute approximate surface area is 247 Å². The Morgan fingerprint density at radius 1 is 1.05 bits per heavy atom. The lowest BCUT2D eigenvalue weighted by atomic mass is 9.99. The van der Waals surface area contributed by atoms with E-state index >= 15 is 0 Å². The van der Waals surface area contributed by atoms with Crippen molar-refractivity contribution in [1.29, 1.82) is 0 Å². The molecule has 3 rings (SSSR count). The summed E-state index contributed by atoms with van der Waals surface area (Å²) in [6.07, 6.45) is 20.9. The first kappa shape index (κ1) is 32.4. The number of amides is 1. The van der Waals surface area contributed by atoms with Crippen molar-refractivity contribution in [2.24, 2.45) is 0 Å². The summed E-state index contributed by atoms with van der Waals surface area (Å²) in [7, 11) is 0. The molecule has 1 aliphatic carbocycles. The lowest BCUT2D eigenvalue weighted by Gasteiger charge is -2.36. The van der Waals surface area contributed by atoms with Crippen LogP contribution in [0.2, 0.25) is 0 Å². The highest BCUT2D eigenvalue weighted by atomic mass is 19.3. The second-order valence-electron chi connectivity index (χ2n) is 10.0. The number of allylic oxidation sites excluding steroid dienone is 9. The van der Waals surface area contributed by atoms with Gasteiger partial charge in [0.2, 0.25) is 12.3 Å². The van der Waals surface area contributed by atoms with Gasteiger partial charge in [0.1, 0.15) is 0 Å². The van der Waals surface area contributed by atoms with Crippen LogP contribution in [0, 0.1) is 0 Å². The van der Waals surface area contributed by atoms with Crippen molar-refractivity contribution in [2.45, 2.75) is 58.3 Å². The molecule has 0 atom stereocenters. The van der Waals surface area contributed by atoms with E-state index in [-0.39, 0.29) is 18.7 Å². The van der Waals surface area contributed by atoms with E-state index < -0.39 is 12.4 Å². The standard InChI is InChI=1S/C33H40F2N4O3/c1-3-5-14-26(17-19-30(34)35)38-21-23-39(24-22-38)31(40)20-18-28-27(11-4-2)37-33(25-12-7-6-8-13-25)29(36-28)15-9-10-16-32(41)42/h3-5,7,11-14,17-18,20,30H,1,6,8-10,15-16,19,21-24H2,2H3,(H,41,42)/b11-4-,14-5-,20-18+,26-17+. The third-order valence-electron chi connectivity index (χ3n) is 6.92. The number of hydrogen-bond acceptors (Lipinski definition) is 5. The van der Waals surface area contributed by atoms with Gasteiger partial charge in [-0.15, -0.1) is 0 Å². The molecular weight excluding hydrogens is 538 g/mol. The molecule has 1 aromatic heterocycles. The molecule has 1 aromatic rings. The summed E-state index contributed by atoms with van der Waals surface area (Å²) in [6.45, 7) is 7.51. The first-order valence-corrected chi connectivity index (χ1v) is 14.4. The summed E-state index contributed by atoms with van der Waals surface area (Å²) in [5.74, 6) is -0.980. The van der Waals surface area contributed by atoms with Crippen molar-refractivity contribution < 1.29 is 23.5 Å². The fourth-order valence-corrected chi connectivity index (χ4v) is 4.78. The molecule has 2 aliphatic rings. The number of piperazine rings is 1. The zero-order chi connectivity index (χ0) is 30.3. The number of carboxylic acid groups (broad SMARTS) is 1. The molecule has 1 amide bonds. The van der Waals surface area contributed by atoms with Crippen LogP contribution in [0.25, 0.3) is 17.7 Å². The first-order valence-electron chi connectivity index (χ1n) is 14.4. The predicted molar refractivity (Wildman–Crippen MR) is 164 cm³/mol. The number of unbranched alkanes of at least 4 members (excludes halogenated alkanes) is 1. The molecule has 9 heteroatoms. The molecule has 0 saturated carbocycles. The van der Waals surface area contributed by atoms with Gasteiger partial charge in [0, 0.05) is 50.8 Å². The van der Waals surface area contributed by atoms with Gasteiger partial charge in [-0.2, -0.15) is 0 Å². The van der Waals surface area contributed by atoms with Crippen LogP contribution in [-0.2, 0) is 16.0 Å². The Kier molecular flexibility index (Phi) is 13.1. The van der Waals surface area contributed by atoms with E-state index in [9.17, 15) is 18.4 Å². The average molecular weight is 579 g/mol. The van der Waals surface area contributed by atoms with Crippen LogP contribution in [0.15, 0.2) is 67.0 Å². The van der Waals surface area contributed by atoms with E-state index in [0.29, 0.717) is 62.5 Å². The molecule has 0 unspecified atom stereocenters. The fourth-order valence-electron chi connectivity index (χ4n) is 4.78. The number of hydrogen-bond donors (Lipinski definition) is 1. The highest BCUT2D eigenvalue weighted by molar-refractivity contribution is 5.92. The molecular formula is C33H40F2N4O3. The van der Waals surface area contributed by atoms with Gasteiger partial charge in [-0.1, -0.05) is 49.1 Å². The maximum atomic E-state index is 13.1. The second kappa shape index (κ2) is 17.0. The van der Waals surface area contributed by atoms with Crippen molar-refractivity contribution >= 4 is 29.6 Å². The second-order valence-corrected chi connectivity index (χ2v) is 10.0. The van der Waals surface area contributed by atoms with E-state index in [2.05, 4.69) is 18.7 Å². The maximum Gasteiger partial charge on any atom is 0.303 e. The van der Waals surface area contributed by atoms with Crippen LogP contribution in [-0.4, -0.2) is 69.4 Å². The lowest BCUT2D eigenvalue weighted by molar-refractivity contribution is -0.137. The number of aliphatic carboxylic acids is 1. The van der Waals surface area contributed by atoms with Crippen LogP contribution in [0.5, 0.6) is 0 Å². The molecule has 42 heavy (non-hydrogen) atoms. The van der Waals surface area contributed by atoms with Gasteiger partial charge in [0.25, 0.3) is 0 Å². The SMILES string of the molecule is C=C/C=C\C(=C/CC(F)F)N1CCN(C(=O)/C=C/c2nc(CCCCC(=O)O)c(C3=CCCC=C3)nc2/C=C\C)CC1. The monoisotopic (exact) mass is 578 g/mol. The maximum absolute atomic E-state index is 13.1. The smallest absolute Gasteiger partial charge is 0.303 e. The minimum Gasteiger partial charge on any atom is -0.481 e. The van der Waals surface area contributed by atoms with Gasteiger partial charge in [-0.05, 0) is 62.8 Å². The van der Waals surface area contributed by atoms with E-state index in [4.69, 9.17) is 15.1 Å². The van der Waals surface area contributed by atoms with Crippen LogP contribution in [0.3, 0.4) is 0 Å². The number of alkyl halides is 2. The van der Waals surface area contributed by atoms with Crippen molar-refractivity contribution in [3.8, 4) is 0 Å². The van der Waals surface area contributed by atoms with Crippen molar-refractivity contribution in [3.05, 3.63) is 89.7 Å². The number of carboxylic acids is 1. The summed E-state index contributed by atoms with van der Waals surface area (Å²) in [5, 5.41) is 9.02. The molecule has 0 bridgehead atoms. The van der Waals surface area contributed by atoms with E-state index in [1.165, 1.54) is 12.2 Å². The quantitative estimate of drug-likeness (QED) is 0.155. The van der Waals surface area contributed by atoms with Gasteiger partial charge in [-0.3, -0.25) is 9.59 Å². The van der Waals surface area contributed by atoms with Crippen LogP contribution in [0.1, 0.15) is 68.2 Å². The zero-order valence-corrected chi connectivity index (χ0v) is 24.2. The largest absolute Gasteiger partial charge is 0.481 e. The number of carbonyl (C=O) groups excluding carboxylic acids is 1. The molecule has 7 nitrogen and oxygen atoms in total. The summed E-state index contributed by atoms with van der Waals surface area (Å²) >= 11 is 0. The summed E-state index contributed by atoms with van der Waals surface area (Å²) < 4.78 is 25.6. The molecule has 224 valence electrons. The number of aromatic nitrogens is 2. The number of aryl methyl sites for hydroxylation is 1. The summed E-state index contributed by atoms with van der Waals surface area (Å²) in [5.41, 5.74) is 4.49. The van der Waals surface area contributed by atoms with Gasteiger partial charge in [0.15, 0.2) is 0 Å². The molecule has 0 radical (unpaired) electrons. The zero-order valence-electron chi connectivity index (χ0n) is 24.2. The Morgan fingerprint density at radius 3 is 2.43 bits per heavy atom. The average Bonchev–Trinajstić information content (AvgIpc) is 2.99. The molecule has 1 fully saturated rings. The van der Waals surface area contributed by atoms with Crippen LogP contribution in [0.4, 0.5) is 8.78 Å². The van der Waals surface area contributed by atoms with Gasteiger partial charge in [0.05, 0.1) is 22.8 Å². The van der Waals surface area contributed by atoms with E-state index in [1.54, 1.807) is 29.2 Å². The van der Waals surface area contributed by atoms with Gasteiger partial charge >= 0.3 is 5.97 Å². The summed E-state index contributed by atoms with van der Waals surface area (Å²) in [6, 6.07) is 0. The minimum absolute atomic E-state index is 0.102. The molecule has 0 aromatic carbocycles. The Balaban J connectivity index is 1.78. The third kappa shape index (κ3) is 10.0. The highest BCUT2D eigenvalue weighted by Crippen LogP contribution is 2.26. The lowest BCUT2D eigenvalue weighted by Crippen LogP contribution is -2.47. The molecule has 0 spiro atoms.